The van der Waals surface area contributed by atoms with Gasteiger partial charge < -0.3 is 0 Å². The third-order valence-electron chi connectivity index (χ3n) is 3.44. The van der Waals surface area contributed by atoms with Crippen LogP contribution < -0.4 is 0 Å². The second kappa shape index (κ2) is 8.17. The standard InChI is InChI=1S/C18H22N4/c1-14-6-4-9-20-17(14)12-19-11-8-16(3)22-13-18-15(2)7-5-10-21-18/h4-7,9-10,12-13,16H,8,11H2,1-3H3. The second-order valence-corrected chi connectivity index (χ2v) is 5.36. The minimum atomic E-state index is 0.225. The Balaban J connectivity index is 1.82. The van der Waals surface area contributed by atoms with Crippen molar-refractivity contribution in [3.05, 3.63) is 59.2 Å². The molecule has 0 bridgehead atoms. The molecule has 0 saturated carbocycles. The average molecular weight is 294 g/mol. The molecule has 114 valence electrons. The van der Waals surface area contributed by atoms with Crippen LogP contribution in [0.25, 0.3) is 0 Å². The zero-order valence-electron chi connectivity index (χ0n) is 13.4. The predicted octanol–water partition coefficient (Wildman–Crippen LogP) is 3.41. The SMILES string of the molecule is Cc1cccnc1C=NCCC(C)N=Cc1ncccc1C. The number of rotatable bonds is 6. The topological polar surface area (TPSA) is 50.5 Å². The fraction of sp³-hybridized carbons (Fsp3) is 0.333. The number of hydrogen-bond acceptors (Lipinski definition) is 4. The van der Waals surface area contributed by atoms with E-state index in [9.17, 15) is 0 Å². The van der Waals surface area contributed by atoms with Crippen LogP contribution in [0.5, 0.6) is 0 Å². The maximum Gasteiger partial charge on any atom is 0.0837 e. The van der Waals surface area contributed by atoms with Gasteiger partial charge in [0.05, 0.1) is 11.4 Å². The molecule has 0 aliphatic heterocycles. The largest absolute Gasteiger partial charge is 0.291 e. The maximum absolute atomic E-state index is 4.54. The Morgan fingerprint density at radius 3 is 2.18 bits per heavy atom. The first-order valence-corrected chi connectivity index (χ1v) is 7.53. The molecule has 0 aliphatic carbocycles. The van der Waals surface area contributed by atoms with E-state index in [1.165, 1.54) is 0 Å². The number of pyridine rings is 2. The van der Waals surface area contributed by atoms with Crippen LogP contribution in [0.1, 0.15) is 35.9 Å². The number of hydrogen-bond donors (Lipinski definition) is 0. The van der Waals surface area contributed by atoms with Crippen LogP contribution in [0.4, 0.5) is 0 Å². The van der Waals surface area contributed by atoms with E-state index >= 15 is 0 Å². The second-order valence-electron chi connectivity index (χ2n) is 5.36. The monoisotopic (exact) mass is 294 g/mol. The Bertz CT molecular complexity index is 662. The van der Waals surface area contributed by atoms with E-state index in [2.05, 4.69) is 26.9 Å². The molecule has 0 spiro atoms. The van der Waals surface area contributed by atoms with Crippen molar-refractivity contribution in [3.8, 4) is 0 Å². The van der Waals surface area contributed by atoms with E-state index in [1.807, 2.05) is 50.5 Å². The lowest BCUT2D eigenvalue weighted by atomic mass is 10.2. The van der Waals surface area contributed by atoms with Crippen LogP contribution in [0.3, 0.4) is 0 Å². The van der Waals surface area contributed by atoms with Gasteiger partial charge in [0.25, 0.3) is 0 Å². The third kappa shape index (κ3) is 4.88. The van der Waals surface area contributed by atoms with E-state index in [0.29, 0.717) is 0 Å². The molecule has 2 aromatic rings. The van der Waals surface area contributed by atoms with E-state index in [4.69, 9.17) is 0 Å². The van der Waals surface area contributed by atoms with Crippen LogP contribution in [0.15, 0.2) is 46.6 Å². The molecular formula is C18H22N4. The Labute approximate surface area is 132 Å². The van der Waals surface area contributed by atoms with Crippen LogP contribution in [-0.2, 0) is 0 Å². The zero-order valence-corrected chi connectivity index (χ0v) is 13.4. The fourth-order valence-corrected chi connectivity index (χ4v) is 1.95. The first-order valence-electron chi connectivity index (χ1n) is 7.53. The van der Waals surface area contributed by atoms with Gasteiger partial charge >= 0.3 is 0 Å². The van der Waals surface area contributed by atoms with Gasteiger partial charge in [0, 0.05) is 37.4 Å². The van der Waals surface area contributed by atoms with Crippen molar-refractivity contribution >= 4 is 12.4 Å². The fourth-order valence-electron chi connectivity index (χ4n) is 1.95. The Morgan fingerprint density at radius 1 is 1.00 bits per heavy atom. The van der Waals surface area contributed by atoms with Gasteiger partial charge in [-0.15, -0.1) is 0 Å². The summed E-state index contributed by atoms with van der Waals surface area (Å²) in [6.07, 6.45) is 8.18. The summed E-state index contributed by atoms with van der Waals surface area (Å²) in [6, 6.07) is 8.17. The molecule has 22 heavy (non-hydrogen) atoms. The molecule has 0 amide bonds. The quantitative estimate of drug-likeness (QED) is 0.767. The normalized spacial score (nSPS) is 13.0. The summed E-state index contributed by atoms with van der Waals surface area (Å²) in [6.45, 7) is 6.92. The summed E-state index contributed by atoms with van der Waals surface area (Å²) in [4.78, 5) is 17.6. The summed E-state index contributed by atoms with van der Waals surface area (Å²) < 4.78 is 0. The van der Waals surface area contributed by atoms with Gasteiger partial charge in [-0.2, -0.15) is 0 Å². The number of nitrogens with zero attached hydrogens (tertiary/aromatic N) is 4. The molecule has 0 radical (unpaired) electrons. The summed E-state index contributed by atoms with van der Waals surface area (Å²) in [5.41, 5.74) is 4.15. The molecule has 0 fully saturated rings. The molecule has 0 aromatic carbocycles. The minimum Gasteiger partial charge on any atom is -0.291 e. The van der Waals surface area contributed by atoms with Crippen LogP contribution in [-0.4, -0.2) is 35.0 Å². The average Bonchev–Trinajstić information content (AvgIpc) is 2.52. The van der Waals surface area contributed by atoms with Crippen molar-refractivity contribution in [1.29, 1.82) is 0 Å². The van der Waals surface area contributed by atoms with Crippen LogP contribution in [0.2, 0.25) is 0 Å². The van der Waals surface area contributed by atoms with E-state index in [0.717, 1.165) is 35.5 Å². The van der Waals surface area contributed by atoms with Crippen molar-refractivity contribution in [3.63, 3.8) is 0 Å². The highest BCUT2D eigenvalue weighted by molar-refractivity contribution is 5.79. The van der Waals surface area contributed by atoms with Crippen LogP contribution >= 0.6 is 0 Å². The molecule has 4 heteroatoms. The smallest absolute Gasteiger partial charge is 0.0837 e. The lowest BCUT2D eigenvalue weighted by Gasteiger charge is -2.04. The first kappa shape index (κ1) is 16.0. The third-order valence-corrected chi connectivity index (χ3v) is 3.44. The van der Waals surface area contributed by atoms with Crippen molar-refractivity contribution in [2.75, 3.05) is 6.54 Å². The molecular weight excluding hydrogens is 272 g/mol. The minimum absolute atomic E-state index is 0.225. The number of aryl methyl sites for hydroxylation is 2. The number of aliphatic imine (C=N–C) groups is 2. The highest BCUT2D eigenvalue weighted by Crippen LogP contribution is 2.03. The molecule has 2 rings (SSSR count). The Hall–Kier alpha value is -2.36. The van der Waals surface area contributed by atoms with E-state index in [-0.39, 0.29) is 6.04 Å². The van der Waals surface area contributed by atoms with E-state index in [1.54, 1.807) is 12.4 Å². The van der Waals surface area contributed by atoms with Crippen molar-refractivity contribution < 1.29 is 0 Å². The summed E-state index contributed by atoms with van der Waals surface area (Å²) in [5.74, 6) is 0. The van der Waals surface area contributed by atoms with Gasteiger partial charge in [-0.1, -0.05) is 12.1 Å². The van der Waals surface area contributed by atoms with Gasteiger partial charge in [0.2, 0.25) is 0 Å². The molecule has 0 saturated heterocycles. The molecule has 2 aromatic heterocycles. The number of aromatic nitrogens is 2. The first-order chi connectivity index (χ1) is 10.7. The lowest BCUT2D eigenvalue weighted by Crippen LogP contribution is -2.03. The Kier molecular flexibility index (Phi) is 5.95. The molecule has 2 heterocycles. The summed E-state index contributed by atoms with van der Waals surface area (Å²) in [5, 5.41) is 0. The highest BCUT2D eigenvalue weighted by atomic mass is 14.8. The van der Waals surface area contributed by atoms with Gasteiger partial charge in [-0.25, -0.2) is 0 Å². The zero-order chi connectivity index (χ0) is 15.8. The van der Waals surface area contributed by atoms with Gasteiger partial charge in [-0.3, -0.25) is 20.0 Å². The van der Waals surface area contributed by atoms with Crippen molar-refractivity contribution in [2.45, 2.75) is 33.2 Å². The predicted molar refractivity (Wildman–Crippen MR) is 92.1 cm³/mol. The Morgan fingerprint density at radius 2 is 1.59 bits per heavy atom. The summed E-state index contributed by atoms with van der Waals surface area (Å²) in [7, 11) is 0. The van der Waals surface area contributed by atoms with E-state index < -0.39 is 0 Å². The molecule has 4 nitrogen and oxygen atoms in total. The molecule has 1 unspecified atom stereocenters. The molecule has 1 atom stereocenters. The lowest BCUT2D eigenvalue weighted by molar-refractivity contribution is 0.682. The van der Waals surface area contributed by atoms with Crippen molar-refractivity contribution in [2.24, 2.45) is 9.98 Å². The van der Waals surface area contributed by atoms with Gasteiger partial charge in [-0.05, 0) is 50.5 Å². The summed E-state index contributed by atoms with van der Waals surface area (Å²) >= 11 is 0. The highest BCUT2D eigenvalue weighted by Gasteiger charge is 1.99. The molecule has 0 N–H and O–H groups in total. The van der Waals surface area contributed by atoms with Crippen LogP contribution in [0, 0.1) is 13.8 Å². The maximum atomic E-state index is 4.54. The molecule has 0 aliphatic rings. The van der Waals surface area contributed by atoms with Gasteiger partial charge in [0.1, 0.15) is 0 Å². The van der Waals surface area contributed by atoms with Gasteiger partial charge in [0.15, 0.2) is 0 Å². The van der Waals surface area contributed by atoms with Crippen molar-refractivity contribution in [1.82, 2.24) is 9.97 Å².